The second kappa shape index (κ2) is 11.4. The van der Waals surface area contributed by atoms with Crippen LogP contribution in [0.2, 0.25) is 0 Å². The molecule has 212 valence electrons. The number of nitrogens with zero attached hydrogens (tertiary/aromatic N) is 3. The number of hydrogen-bond donors (Lipinski definition) is 1. The topological polar surface area (TPSA) is 108 Å². The molecule has 10 heteroatoms. The molecule has 1 atom stereocenters. The third-order valence-corrected chi connectivity index (χ3v) is 7.44. The first-order valence-corrected chi connectivity index (χ1v) is 13.8. The van der Waals surface area contributed by atoms with Crippen molar-refractivity contribution in [3.8, 4) is 5.75 Å². The fourth-order valence-electron chi connectivity index (χ4n) is 5.34. The molecule has 2 aromatic carbocycles. The van der Waals surface area contributed by atoms with Crippen molar-refractivity contribution in [1.82, 2.24) is 20.0 Å². The highest BCUT2D eigenvalue weighted by atomic mass is 16.6. The fourth-order valence-corrected chi connectivity index (χ4v) is 5.34. The van der Waals surface area contributed by atoms with E-state index < -0.39 is 11.6 Å². The highest BCUT2D eigenvalue weighted by Gasteiger charge is 2.36. The number of esters is 1. The van der Waals surface area contributed by atoms with Crippen molar-refractivity contribution in [1.29, 1.82) is 0 Å². The maximum Gasteiger partial charge on any atom is 0.410 e. The number of hydrogen-bond acceptors (Lipinski definition) is 8. The van der Waals surface area contributed by atoms with Gasteiger partial charge in [0.25, 0.3) is 0 Å². The van der Waals surface area contributed by atoms with Crippen LogP contribution in [0.5, 0.6) is 5.75 Å². The van der Waals surface area contributed by atoms with Crippen molar-refractivity contribution >= 4 is 23.9 Å². The average Bonchev–Trinajstić information content (AvgIpc) is 3.33. The lowest BCUT2D eigenvalue weighted by Crippen LogP contribution is -2.50. The number of piperazine rings is 1. The summed E-state index contributed by atoms with van der Waals surface area (Å²) in [6, 6.07) is 12.6. The summed E-state index contributed by atoms with van der Waals surface area (Å²) in [6.45, 7) is 10.1. The summed E-state index contributed by atoms with van der Waals surface area (Å²) in [4.78, 5) is 55.2. The molecule has 10 nitrogen and oxygen atoms in total. The lowest BCUT2D eigenvalue weighted by molar-refractivity contribution is -0.137. The van der Waals surface area contributed by atoms with Gasteiger partial charge in [-0.2, -0.15) is 0 Å². The first-order valence-electron chi connectivity index (χ1n) is 13.8. The largest absolute Gasteiger partial charge is 0.444 e. The van der Waals surface area contributed by atoms with E-state index in [-0.39, 0.29) is 23.9 Å². The normalized spacial score (nSPS) is 20.2. The van der Waals surface area contributed by atoms with Gasteiger partial charge in [0.1, 0.15) is 11.4 Å². The lowest BCUT2D eigenvalue weighted by atomic mass is 10.0. The van der Waals surface area contributed by atoms with Crippen LogP contribution in [0.25, 0.3) is 0 Å². The molecular formula is C30H36N4O6. The second-order valence-electron chi connectivity index (χ2n) is 11.6. The molecule has 3 amide bonds. The van der Waals surface area contributed by atoms with E-state index >= 15 is 0 Å². The van der Waals surface area contributed by atoms with Crippen LogP contribution < -0.4 is 10.1 Å². The summed E-state index contributed by atoms with van der Waals surface area (Å²) < 4.78 is 11.3. The number of rotatable bonds is 5. The summed E-state index contributed by atoms with van der Waals surface area (Å²) in [6.07, 6.45) is 0.533. The molecule has 0 spiro atoms. The molecule has 0 aromatic heterocycles. The number of carbonyl (C=O) groups excluding carboxylic acids is 4. The van der Waals surface area contributed by atoms with Crippen LogP contribution in [0, 0.1) is 0 Å². The Morgan fingerprint density at radius 1 is 0.975 bits per heavy atom. The maximum absolute atomic E-state index is 13.0. The van der Waals surface area contributed by atoms with Gasteiger partial charge in [0.15, 0.2) is 0 Å². The highest BCUT2D eigenvalue weighted by Crippen LogP contribution is 2.34. The summed E-state index contributed by atoms with van der Waals surface area (Å²) in [5.74, 6) is -0.457. The van der Waals surface area contributed by atoms with Crippen molar-refractivity contribution < 1.29 is 28.7 Å². The predicted molar refractivity (Wildman–Crippen MR) is 146 cm³/mol. The van der Waals surface area contributed by atoms with E-state index in [0.717, 1.165) is 36.3 Å². The Balaban J connectivity index is 1.14. The number of piperidine rings is 1. The molecule has 40 heavy (non-hydrogen) atoms. The number of imide groups is 1. The molecule has 3 aliphatic rings. The van der Waals surface area contributed by atoms with Gasteiger partial charge in [0.05, 0.1) is 11.6 Å². The van der Waals surface area contributed by atoms with E-state index in [4.69, 9.17) is 9.47 Å². The van der Waals surface area contributed by atoms with Gasteiger partial charge in [-0.3, -0.25) is 24.7 Å². The number of ether oxygens (including phenoxy) is 2. The van der Waals surface area contributed by atoms with Crippen LogP contribution in [0.1, 0.15) is 60.7 Å². The van der Waals surface area contributed by atoms with Crippen LogP contribution in [0.15, 0.2) is 42.5 Å². The van der Waals surface area contributed by atoms with Gasteiger partial charge in [-0.1, -0.05) is 24.3 Å². The Kier molecular flexibility index (Phi) is 7.91. The summed E-state index contributed by atoms with van der Waals surface area (Å²) in [7, 11) is 0. The minimum Gasteiger partial charge on any atom is -0.444 e. The Morgan fingerprint density at radius 2 is 1.70 bits per heavy atom. The first kappa shape index (κ1) is 27.8. The van der Waals surface area contributed by atoms with Crippen molar-refractivity contribution in [2.24, 2.45) is 0 Å². The Labute approximate surface area is 234 Å². The van der Waals surface area contributed by atoms with Gasteiger partial charge < -0.3 is 14.4 Å². The summed E-state index contributed by atoms with van der Waals surface area (Å²) >= 11 is 0. The first-order chi connectivity index (χ1) is 19.1. The van der Waals surface area contributed by atoms with E-state index in [0.29, 0.717) is 50.3 Å². The van der Waals surface area contributed by atoms with Crippen LogP contribution in [-0.4, -0.2) is 76.4 Å². The van der Waals surface area contributed by atoms with Gasteiger partial charge in [0, 0.05) is 57.8 Å². The van der Waals surface area contributed by atoms with Crippen LogP contribution in [-0.2, 0) is 34.0 Å². The summed E-state index contributed by atoms with van der Waals surface area (Å²) in [5.41, 5.74) is 2.92. The minimum atomic E-state index is -0.506. The lowest BCUT2D eigenvalue weighted by Gasteiger charge is -2.35. The summed E-state index contributed by atoms with van der Waals surface area (Å²) in [5, 5.41) is 2.42. The second-order valence-corrected chi connectivity index (χ2v) is 11.6. The quantitative estimate of drug-likeness (QED) is 0.345. The van der Waals surface area contributed by atoms with Crippen LogP contribution >= 0.6 is 0 Å². The molecule has 0 bridgehead atoms. The molecule has 2 saturated heterocycles. The third kappa shape index (κ3) is 6.51. The number of benzene rings is 2. The standard InChI is InChI=1S/C30H36N4O6/c1-30(2,3)40-29(38)33-15-13-32(14-16-33)17-20-7-9-21(10-8-20)28(37)39-25-6-4-5-22-18-34(19-23(22)25)24-11-12-26(35)31-27(24)36/h4-10,24H,11-19H2,1-3H3,(H,31,35,36). The maximum atomic E-state index is 13.0. The average molecular weight is 549 g/mol. The number of nitrogens with one attached hydrogen (secondary N) is 1. The predicted octanol–water partition coefficient (Wildman–Crippen LogP) is 3.08. The fraction of sp³-hybridized carbons (Fsp3) is 0.467. The molecule has 2 fully saturated rings. The minimum absolute atomic E-state index is 0.237. The number of carbonyl (C=O) groups is 4. The molecule has 3 aliphatic heterocycles. The molecule has 0 radical (unpaired) electrons. The molecule has 5 rings (SSSR count). The highest BCUT2D eigenvalue weighted by molar-refractivity contribution is 6.00. The van der Waals surface area contributed by atoms with Gasteiger partial charge in [-0.15, -0.1) is 0 Å². The van der Waals surface area contributed by atoms with Crippen molar-refractivity contribution in [3.63, 3.8) is 0 Å². The zero-order valence-electron chi connectivity index (χ0n) is 23.3. The van der Waals surface area contributed by atoms with E-state index in [9.17, 15) is 19.2 Å². The molecule has 3 heterocycles. The third-order valence-electron chi connectivity index (χ3n) is 7.44. The molecule has 0 aliphatic carbocycles. The van der Waals surface area contributed by atoms with E-state index in [1.54, 1.807) is 23.1 Å². The Hall–Kier alpha value is -3.76. The Morgan fingerprint density at radius 3 is 2.38 bits per heavy atom. The van der Waals surface area contributed by atoms with Crippen molar-refractivity contribution in [2.45, 2.75) is 64.9 Å². The van der Waals surface area contributed by atoms with Gasteiger partial charge in [0.2, 0.25) is 11.8 Å². The SMILES string of the molecule is CC(C)(C)OC(=O)N1CCN(Cc2ccc(C(=O)Oc3cccc4c3CN(C3CCC(=O)NC3=O)C4)cc2)CC1. The smallest absolute Gasteiger partial charge is 0.410 e. The van der Waals surface area contributed by atoms with Crippen LogP contribution in [0.4, 0.5) is 4.79 Å². The molecular weight excluding hydrogens is 512 g/mol. The molecule has 2 aromatic rings. The van der Waals surface area contributed by atoms with E-state index in [1.165, 1.54) is 0 Å². The number of amides is 3. The number of fused-ring (bicyclic) bond motifs is 1. The van der Waals surface area contributed by atoms with Gasteiger partial charge in [-0.25, -0.2) is 9.59 Å². The Bertz CT molecular complexity index is 1290. The zero-order valence-corrected chi connectivity index (χ0v) is 23.3. The van der Waals surface area contributed by atoms with Gasteiger partial charge in [-0.05, 0) is 56.5 Å². The monoisotopic (exact) mass is 548 g/mol. The zero-order chi connectivity index (χ0) is 28.4. The van der Waals surface area contributed by atoms with Crippen molar-refractivity contribution in [3.05, 3.63) is 64.7 Å². The molecule has 1 unspecified atom stereocenters. The van der Waals surface area contributed by atoms with Gasteiger partial charge >= 0.3 is 12.1 Å². The van der Waals surface area contributed by atoms with Crippen LogP contribution in [0.3, 0.4) is 0 Å². The van der Waals surface area contributed by atoms with E-state index in [1.807, 2.05) is 49.9 Å². The molecule has 1 N–H and O–H groups in total. The van der Waals surface area contributed by atoms with E-state index in [2.05, 4.69) is 10.2 Å². The molecule has 0 saturated carbocycles. The van der Waals surface area contributed by atoms with Crippen molar-refractivity contribution in [2.75, 3.05) is 26.2 Å².